The Balaban J connectivity index is 2.11. The number of hydrogen-bond donors (Lipinski definition) is 0. The van der Waals surface area contributed by atoms with Gasteiger partial charge in [0.1, 0.15) is 5.82 Å². The number of carbonyl (C=O) groups excluding carboxylic acids is 1. The van der Waals surface area contributed by atoms with Crippen LogP contribution in [0.15, 0.2) is 36.7 Å². The molecule has 0 N–H and O–H groups in total. The van der Waals surface area contributed by atoms with Gasteiger partial charge in [-0.25, -0.2) is 4.39 Å². The highest BCUT2D eigenvalue weighted by Crippen LogP contribution is 2.12. The number of hydrogen-bond acceptors (Lipinski definition) is 2. The summed E-state index contributed by atoms with van der Waals surface area (Å²) in [5, 5.41) is 4.17. The van der Waals surface area contributed by atoms with E-state index in [1.165, 1.54) is 12.1 Å². The normalized spacial score (nSPS) is 10.7. The quantitative estimate of drug-likeness (QED) is 0.693. The van der Waals surface area contributed by atoms with Crippen molar-refractivity contribution in [3.8, 4) is 0 Å². The van der Waals surface area contributed by atoms with Crippen molar-refractivity contribution in [2.75, 3.05) is 6.54 Å². The van der Waals surface area contributed by atoms with Gasteiger partial charge in [0.15, 0.2) is 0 Å². The van der Waals surface area contributed by atoms with Crippen LogP contribution < -0.4 is 0 Å². The summed E-state index contributed by atoms with van der Waals surface area (Å²) in [5.74, 6) is -0.285. The highest BCUT2D eigenvalue weighted by Gasteiger charge is 2.17. The van der Waals surface area contributed by atoms with Gasteiger partial charge in [0, 0.05) is 25.8 Å². The van der Waals surface area contributed by atoms with E-state index in [0.717, 1.165) is 31.4 Å². The Bertz CT molecular complexity index is 621. The second kappa shape index (κ2) is 8.46. The van der Waals surface area contributed by atoms with Gasteiger partial charge in [-0.1, -0.05) is 31.9 Å². The molecule has 0 aliphatic rings. The van der Waals surface area contributed by atoms with E-state index < -0.39 is 0 Å². The average molecular weight is 317 g/mol. The van der Waals surface area contributed by atoms with Crippen LogP contribution in [0.3, 0.4) is 0 Å². The summed E-state index contributed by atoms with van der Waals surface area (Å²) in [6.45, 7) is 6.04. The second-order valence-corrected chi connectivity index (χ2v) is 5.64. The first-order valence-corrected chi connectivity index (χ1v) is 8.20. The summed E-state index contributed by atoms with van der Waals surface area (Å²) < 4.78 is 14.8. The van der Waals surface area contributed by atoms with Crippen LogP contribution in [0.25, 0.3) is 0 Å². The standard InChI is InChI=1S/C18H24FN3O/c1-3-5-6-11-21(13-15-7-9-17(19)10-8-15)18(23)16-12-20-22(4-2)14-16/h7-10,12,14H,3-6,11,13H2,1-2H3. The first-order chi connectivity index (χ1) is 11.1. The molecule has 4 nitrogen and oxygen atoms in total. The third-order valence-corrected chi connectivity index (χ3v) is 3.81. The van der Waals surface area contributed by atoms with Crippen molar-refractivity contribution in [2.45, 2.75) is 46.2 Å². The monoisotopic (exact) mass is 317 g/mol. The van der Waals surface area contributed by atoms with Crippen molar-refractivity contribution >= 4 is 5.91 Å². The summed E-state index contributed by atoms with van der Waals surface area (Å²) in [6, 6.07) is 6.31. The maximum Gasteiger partial charge on any atom is 0.257 e. The zero-order chi connectivity index (χ0) is 16.7. The molecular formula is C18H24FN3O. The number of nitrogens with zero attached hydrogens (tertiary/aromatic N) is 3. The molecule has 5 heteroatoms. The van der Waals surface area contributed by atoms with Gasteiger partial charge in [-0.15, -0.1) is 0 Å². The fourth-order valence-electron chi connectivity index (χ4n) is 2.44. The SMILES string of the molecule is CCCCCN(Cc1ccc(F)cc1)C(=O)c1cnn(CC)c1. The molecule has 0 saturated heterocycles. The predicted octanol–water partition coefficient (Wildman–Crippen LogP) is 3.87. The number of aryl methyl sites for hydroxylation is 1. The highest BCUT2D eigenvalue weighted by molar-refractivity contribution is 5.93. The fourth-order valence-corrected chi connectivity index (χ4v) is 2.44. The molecule has 0 spiro atoms. The number of halogens is 1. The largest absolute Gasteiger partial charge is 0.334 e. The van der Waals surface area contributed by atoms with Gasteiger partial charge < -0.3 is 4.90 Å². The maximum atomic E-state index is 13.0. The molecular weight excluding hydrogens is 293 g/mol. The Morgan fingerprint density at radius 2 is 1.96 bits per heavy atom. The van der Waals surface area contributed by atoms with Crippen LogP contribution in [0.4, 0.5) is 4.39 Å². The van der Waals surface area contributed by atoms with Crippen LogP contribution in [0.2, 0.25) is 0 Å². The zero-order valence-electron chi connectivity index (χ0n) is 13.8. The summed E-state index contributed by atoms with van der Waals surface area (Å²) in [7, 11) is 0. The van der Waals surface area contributed by atoms with E-state index in [2.05, 4.69) is 12.0 Å². The number of carbonyl (C=O) groups is 1. The lowest BCUT2D eigenvalue weighted by atomic mass is 10.1. The van der Waals surface area contributed by atoms with E-state index >= 15 is 0 Å². The summed E-state index contributed by atoms with van der Waals surface area (Å²) in [5.41, 5.74) is 1.53. The topological polar surface area (TPSA) is 38.1 Å². The Morgan fingerprint density at radius 1 is 1.22 bits per heavy atom. The van der Waals surface area contributed by atoms with Crippen molar-refractivity contribution in [1.82, 2.24) is 14.7 Å². The third-order valence-electron chi connectivity index (χ3n) is 3.81. The van der Waals surface area contributed by atoms with Gasteiger partial charge in [0.25, 0.3) is 5.91 Å². The smallest absolute Gasteiger partial charge is 0.257 e. The lowest BCUT2D eigenvalue weighted by molar-refractivity contribution is 0.0740. The molecule has 1 aromatic carbocycles. The van der Waals surface area contributed by atoms with E-state index in [1.54, 1.807) is 29.2 Å². The van der Waals surface area contributed by atoms with Crippen LogP contribution in [-0.4, -0.2) is 27.1 Å². The molecule has 0 aliphatic carbocycles. The summed E-state index contributed by atoms with van der Waals surface area (Å²) in [4.78, 5) is 14.6. The second-order valence-electron chi connectivity index (χ2n) is 5.64. The maximum absolute atomic E-state index is 13.0. The van der Waals surface area contributed by atoms with Gasteiger partial charge in [0.2, 0.25) is 0 Å². The Morgan fingerprint density at radius 3 is 2.57 bits per heavy atom. The number of rotatable bonds is 8. The van der Waals surface area contributed by atoms with Gasteiger partial charge >= 0.3 is 0 Å². The molecule has 0 unspecified atom stereocenters. The molecule has 0 radical (unpaired) electrons. The molecule has 1 heterocycles. The van der Waals surface area contributed by atoms with E-state index in [-0.39, 0.29) is 11.7 Å². The zero-order valence-corrected chi connectivity index (χ0v) is 13.8. The first-order valence-electron chi connectivity index (χ1n) is 8.20. The van der Waals surface area contributed by atoms with Crippen LogP contribution in [0, 0.1) is 5.82 Å². The predicted molar refractivity (Wildman–Crippen MR) is 88.6 cm³/mol. The number of aromatic nitrogens is 2. The molecule has 0 aliphatic heterocycles. The summed E-state index contributed by atoms with van der Waals surface area (Å²) in [6.07, 6.45) is 6.54. The molecule has 23 heavy (non-hydrogen) atoms. The van der Waals surface area contributed by atoms with Gasteiger partial charge in [-0.3, -0.25) is 9.48 Å². The number of unbranched alkanes of at least 4 members (excludes halogenated alkanes) is 2. The molecule has 2 rings (SSSR count). The van der Waals surface area contributed by atoms with E-state index in [0.29, 0.717) is 18.7 Å². The molecule has 0 bridgehead atoms. The molecule has 0 atom stereocenters. The minimum absolute atomic E-state index is 0.0230. The van der Waals surface area contributed by atoms with Crippen molar-refractivity contribution in [3.63, 3.8) is 0 Å². The van der Waals surface area contributed by atoms with Crippen LogP contribution >= 0.6 is 0 Å². The van der Waals surface area contributed by atoms with Gasteiger partial charge in [-0.2, -0.15) is 5.10 Å². The summed E-state index contributed by atoms with van der Waals surface area (Å²) >= 11 is 0. The molecule has 0 fully saturated rings. The van der Waals surface area contributed by atoms with Crippen molar-refractivity contribution in [1.29, 1.82) is 0 Å². The van der Waals surface area contributed by atoms with E-state index in [9.17, 15) is 9.18 Å². The minimum Gasteiger partial charge on any atom is -0.334 e. The van der Waals surface area contributed by atoms with Gasteiger partial charge in [-0.05, 0) is 31.0 Å². The molecule has 1 amide bonds. The molecule has 2 aromatic rings. The third kappa shape index (κ3) is 4.91. The minimum atomic E-state index is -0.262. The number of amides is 1. The molecule has 1 aromatic heterocycles. The fraction of sp³-hybridized carbons (Fsp3) is 0.444. The Labute approximate surface area is 136 Å². The molecule has 124 valence electrons. The van der Waals surface area contributed by atoms with Crippen molar-refractivity contribution < 1.29 is 9.18 Å². The van der Waals surface area contributed by atoms with Crippen LogP contribution in [0.1, 0.15) is 49.0 Å². The average Bonchev–Trinajstić information content (AvgIpc) is 3.04. The number of benzene rings is 1. The van der Waals surface area contributed by atoms with Gasteiger partial charge in [0.05, 0.1) is 11.8 Å². The Hall–Kier alpha value is -2.17. The van der Waals surface area contributed by atoms with E-state index in [4.69, 9.17) is 0 Å². The molecule has 0 saturated carbocycles. The van der Waals surface area contributed by atoms with Crippen LogP contribution in [-0.2, 0) is 13.1 Å². The van der Waals surface area contributed by atoms with Crippen LogP contribution in [0.5, 0.6) is 0 Å². The van der Waals surface area contributed by atoms with E-state index in [1.807, 2.05) is 11.8 Å². The lowest BCUT2D eigenvalue weighted by Crippen LogP contribution is -2.31. The lowest BCUT2D eigenvalue weighted by Gasteiger charge is -2.22. The van der Waals surface area contributed by atoms with Crippen molar-refractivity contribution in [3.05, 3.63) is 53.6 Å². The Kier molecular flexibility index (Phi) is 6.32. The first kappa shape index (κ1) is 17.2. The van der Waals surface area contributed by atoms with Crippen molar-refractivity contribution in [2.24, 2.45) is 0 Å². The highest BCUT2D eigenvalue weighted by atomic mass is 19.1.